The van der Waals surface area contributed by atoms with E-state index in [1.54, 1.807) is 0 Å². The van der Waals surface area contributed by atoms with Gasteiger partial charge >= 0.3 is 0 Å². The number of unbranched alkanes of at least 4 members (excludes halogenated alkanes) is 1. The highest BCUT2D eigenvalue weighted by Crippen LogP contribution is 2.46. The standard InChI is InChI=1S/C14H25ClOSSi/c1-3-4-11-17(2,18-12-10-15)16-13-14-8-6-5-7-9-14/h5-9H,3-4,10-13,18H2,1-2H3. The van der Waals surface area contributed by atoms with Crippen molar-refractivity contribution < 1.29 is 4.18 Å². The Labute approximate surface area is 120 Å². The van der Waals surface area contributed by atoms with E-state index in [2.05, 4.69) is 43.5 Å². The van der Waals surface area contributed by atoms with E-state index in [9.17, 15) is 0 Å². The molecule has 0 bridgehead atoms. The van der Waals surface area contributed by atoms with Crippen LogP contribution in [-0.4, -0.2) is 26.6 Å². The van der Waals surface area contributed by atoms with Gasteiger partial charge in [-0.3, -0.25) is 0 Å². The van der Waals surface area contributed by atoms with E-state index in [-0.39, 0.29) is 8.67 Å². The molecule has 0 fully saturated rings. The number of alkyl halides is 1. The van der Waals surface area contributed by atoms with E-state index < -0.39 is 9.76 Å². The van der Waals surface area contributed by atoms with Gasteiger partial charge in [0.25, 0.3) is 0 Å². The highest BCUT2D eigenvalue weighted by Gasteiger charge is 2.18. The molecule has 0 spiro atoms. The smallest absolute Gasteiger partial charge is 0.0954 e. The fraction of sp³-hybridized carbons (Fsp3) is 0.571. The normalized spacial score (nSPS) is 16.8. The molecular weight excluding hydrogens is 280 g/mol. The third kappa shape index (κ3) is 6.28. The lowest BCUT2D eigenvalue weighted by Crippen LogP contribution is -2.15. The molecule has 1 rings (SSSR count). The van der Waals surface area contributed by atoms with Gasteiger partial charge in [0.05, 0.1) is 15.3 Å². The van der Waals surface area contributed by atoms with Gasteiger partial charge in [-0.1, -0.05) is 43.7 Å². The number of hydrogen-bond acceptors (Lipinski definition) is 1. The molecule has 1 nitrogen and oxygen atoms in total. The summed E-state index contributed by atoms with van der Waals surface area (Å²) < 4.78 is 6.31. The second-order valence-electron chi connectivity index (χ2n) is 4.74. The quantitative estimate of drug-likeness (QED) is 0.493. The van der Waals surface area contributed by atoms with Crippen LogP contribution in [0.5, 0.6) is 0 Å². The summed E-state index contributed by atoms with van der Waals surface area (Å²) in [7, 11) is -0.985. The summed E-state index contributed by atoms with van der Waals surface area (Å²) in [6, 6.07) is 11.7. The summed E-state index contributed by atoms with van der Waals surface area (Å²) in [6.07, 6.45) is 4.91. The van der Waals surface area contributed by atoms with Crippen molar-refractivity contribution in [3.8, 4) is 0 Å². The Morgan fingerprint density at radius 3 is 2.61 bits per heavy atom. The molecule has 18 heavy (non-hydrogen) atoms. The van der Waals surface area contributed by atoms with Crippen molar-refractivity contribution in [3.05, 3.63) is 35.9 Å². The number of benzene rings is 1. The number of hydrogen-bond donors (Lipinski definition) is 0. The molecule has 0 aromatic heterocycles. The van der Waals surface area contributed by atoms with Crippen molar-refractivity contribution in [2.45, 2.75) is 32.4 Å². The van der Waals surface area contributed by atoms with Gasteiger partial charge in [0.2, 0.25) is 0 Å². The van der Waals surface area contributed by atoms with Crippen LogP contribution in [0.25, 0.3) is 0 Å². The van der Waals surface area contributed by atoms with Crippen LogP contribution in [0.4, 0.5) is 0 Å². The molecule has 4 heteroatoms. The molecule has 0 heterocycles. The zero-order valence-electron chi connectivity index (χ0n) is 11.5. The lowest BCUT2D eigenvalue weighted by Gasteiger charge is -2.35. The van der Waals surface area contributed by atoms with Crippen molar-refractivity contribution in [3.63, 3.8) is 0 Å². The highest BCUT2D eigenvalue weighted by molar-refractivity contribution is 8.48. The van der Waals surface area contributed by atoms with Gasteiger partial charge < -0.3 is 4.18 Å². The van der Waals surface area contributed by atoms with E-state index in [4.69, 9.17) is 15.8 Å². The Bertz CT molecular complexity index is 313. The van der Waals surface area contributed by atoms with Gasteiger partial charge in [0.1, 0.15) is 0 Å². The van der Waals surface area contributed by atoms with E-state index >= 15 is 0 Å². The maximum absolute atomic E-state index is 6.31. The fourth-order valence-electron chi connectivity index (χ4n) is 1.81. The average Bonchev–Trinajstić information content (AvgIpc) is 2.42. The molecule has 0 aliphatic rings. The van der Waals surface area contributed by atoms with Gasteiger partial charge in [0, 0.05) is 5.88 Å². The molecule has 0 aliphatic heterocycles. The molecular formula is C14H25ClOSSi. The monoisotopic (exact) mass is 304 g/mol. The molecule has 0 saturated heterocycles. The minimum absolute atomic E-state index is 0.178. The van der Waals surface area contributed by atoms with Crippen LogP contribution in [0.3, 0.4) is 0 Å². The van der Waals surface area contributed by atoms with Gasteiger partial charge in [-0.2, -0.15) is 9.76 Å². The summed E-state index contributed by atoms with van der Waals surface area (Å²) in [4.78, 5) is 0. The maximum Gasteiger partial charge on any atom is 0.0954 e. The van der Waals surface area contributed by atoms with E-state index in [1.165, 1.54) is 30.2 Å². The summed E-state index contributed by atoms with van der Waals surface area (Å²) in [5.74, 6) is 2.06. The molecule has 0 amide bonds. The summed E-state index contributed by atoms with van der Waals surface area (Å²) in [5.41, 5.74) is 1.28. The Morgan fingerprint density at radius 2 is 2.00 bits per heavy atom. The molecule has 0 radical (unpaired) electrons. The van der Waals surface area contributed by atoms with Crippen molar-refractivity contribution in [1.82, 2.24) is 0 Å². The van der Waals surface area contributed by atoms with Crippen molar-refractivity contribution in [2.24, 2.45) is 0 Å². The molecule has 1 unspecified atom stereocenters. The van der Waals surface area contributed by atoms with Crippen molar-refractivity contribution in [2.75, 3.05) is 17.9 Å². The lowest BCUT2D eigenvalue weighted by molar-refractivity contribution is 0.352. The van der Waals surface area contributed by atoms with E-state index in [1.807, 2.05) is 0 Å². The fourth-order valence-corrected chi connectivity index (χ4v) is 9.26. The van der Waals surface area contributed by atoms with Gasteiger partial charge in [-0.25, -0.2) is 0 Å². The van der Waals surface area contributed by atoms with Crippen LogP contribution < -0.4 is 0 Å². The molecule has 0 aliphatic carbocycles. The highest BCUT2D eigenvalue weighted by atomic mass is 35.5. The Balaban J connectivity index is 2.49. The molecule has 1 atom stereocenters. The molecule has 0 saturated carbocycles. The van der Waals surface area contributed by atoms with Crippen molar-refractivity contribution >= 4 is 30.0 Å². The average molecular weight is 305 g/mol. The summed E-state index contributed by atoms with van der Waals surface area (Å²) in [5, 5.41) is 0. The number of rotatable bonds is 9. The van der Waals surface area contributed by atoms with Crippen LogP contribution in [0.2, 0.25) is 6.04 Å². The van der Waals surface area contributed by atoms with Crippen molar-refractivity contribution in [1.29, 1.82) is 0 Å². The van der Waals surface area contributed by atoms with Crippen LogP contribution in [0.15, 0.2) is 30.3 Å². The number of halogens is 1. The molecule has 0 N–H and O–H groups in total. The Kier molecular flexibility index (Phi) is 8.07. The first-order valence-corrected chi connectivity index (χ1v) is 12.3. The van der Waals surface area contributed by atoms with Crippen LogP contribution in [0.1, 0.15) is 25.3 Å². The van der Waals surface area contributed by atoms with Crippen LogP contribution in [-0.2, 0) is 10.8 Å². The zero-order chi connectivity index (χ0) is 13.3. The predicted molar refractivity (Wildman–Crippen MR) is 88.6 cm³/mol. The minimum atomic E-state index is -0.807. The van der Waals surface area contributed by atoms with Crippen LogP contribution in [0, 0.1) is 0 Å². The predicted octanol–water partition coefficient (Wildman–Crippen LogP) is 4.09. The van der Waals surface area contributed by atoms with E-state index in [0.29, 0.717) is 0 Å². The molecule has 104 valence electrons. The lowest BCUT2D eigenvalue weighted by atomic mass is 10.2. The SMILES string of the molecule is CCCCS(C)(OCc1ccccc1)[SiH2]CCCl. The summed E-state index contributed by atoms with van der Waals surface area (Å²) >= 11 is 5.85. The van der Waals surface area contributed by atoms with E-state index in [0.717, 1.165) is 12.5 Å². The largest absolute Gasteiger partial charge is 0.338 e. The second kappa shape index (κ2) is 9.02. The Hall–Kier alpha value is 0.0369. The van der Waals surface area contributed by atoms with Gasteiger partial charge in [-0.15, -0.1) is 11.6 Å². The minimum Gasteiger partial charge on any atom is -0.338 e. The van der Waals surface area contributed by atoms with Gasteiger partial charge in [0.15, 0.2) is 0 Å². The first-order chi connectivity index (χ1) is 8.70. The third-order valence-electron chi connectivity index (χ3n) is 2.99. The first-order valence-electron chi connectivity index (χ1n) is 6.68. The second-order valence-corrected chi connectivity index (χ2v) is 14.1. The Morgan fingerprint density at radius 1 is 1.28 bits per heavy atom. The zero-order valence-corrected chi connectivity index (χ0v) is 14.5. The molecule has 1 aromatic carbocycles. The van der Waals surface area contributed by atoms with Crippen LogP contribution >= 0.6 is 21.4 Å². The maximum atomic E-state index is 6.31. The topological polar surface area (TPSA) is 9.23 Å². The van der Waals surface area contributed by atoms with Gasteiger partial charge in [-0.05, 0) is 30.0 Å². The third-order valence-corrected chi connectivity index (χ3v) is 11.9. The molecule has 1 aromatic rings. The first kappa shape index (κ1) is 16.1. The summed E-state index contributed by atoms with van der Waals surface area (Å²) in [6.45, 7) is 3.02.